The summed E-state index contributed by atoms with van der Waals surface area (Å²) in [6, 6.07) is 3.34. The van der Waals surface area contributed by atoms with Crippen LogP contribution in [-0.2, 0) is 22.3 Å². The number of halogens is 3. The quantitative estimate of drug-likeness (QED) is 0.878. The van der Waals surface area contributed by atoms with Crippen molar-refractivity contribution in [2.24, 2.45) is 11.7 Å². The summed E-state index contributed by atoms with van der Waals surface area (Å²) in [6.07, 6.45) is -4.00. The highest BCUT2D eigenvalue weighted by Crippen LogP contribution is 2.36. The van der Waals surface area contributed by atoms with Crippen molar-refractivity contribution >= 4 is 11.6 Å². The highest BCUT2D eigenvalue weighted by molar-refractivity contribution is 5.95. The van der Waals surface area contributed by atoms with Gasteiger partial charge in [-0.3, -0.25) is 4.79 Å². The van der Waals surface area contributed by atoms with Crippen LogP contribution in [0.15, 0.2) is 18.2 Å². The molecule has 0 aliphatic heterocycles. The number of nitrogens with two attached hydrogens (primary N) is 1. The van der Waals surface area contributed by atoms with Gasteiger partial charge in [0.25, 0.3) is 0 Å². The standard InChI is InChI=1S/C14H17F3N2O2/c1-2-21-12-6-11(12)13(20)19-10-4-8(7-18)3-9(5-10)14(15,16)17/h3-5,11-12H,2,6-7,18H2,1H3,(H,19,20). The summed E-state index contributed by atoms with van der Waals surface area (Å²) in [5, 5.41) is 2.50. The van der Waals surface area contributed by atoms with E-state index in [1.165, 1.54) is 6.07 Å². The lowest BCUT2D eigenvalue weighted by Gasteiger charge is -2.12. The lowest BCUT2D eigenvalue weighted by molar-refractivity contribution is -0.137. The van der Waals surface area contributed by atoms with E-state index in [0.717, 1.165) is 12.1 Å². The van der Waals surface area contributed by atoms with Gasteiger partial charge in [-0.05, 0) is 37.1 Å². The van der Waals surface area contributed by atoms with Crippen molar-refractivity contribution in [1.29, 1.82) is 0 Å². The topological polar surface area (TPSA) is 64.3 Å². The van der Waals surface area contributed by atoms with Gasteiger partial charge >= 0.3 is 6.18 Å². The zero-order valence-corrected chi connectivity index (χ0v) is 11.5. The second-order valence-electron chi connectivity index (χ2n) is 4.95. The first-order chi connectivity index (χ1) is 9.85. The normalized spacial score (nSPS) is 21.2. The van der Waals surface area contributed by atoms with Crippen molar-refractivity contribution in [2.45, 2.75) is 32.2 Å². The van der Waals surface area contributed by atoms with Crippen molar-refractivity contribution in [2.75, 3.05) is 11.9 Å². The van der Waals surface area contributed by atoms with Crippen LogP contribution in [0.25, 0.3) is 0 Å². The number of carbonyl (C=O) groups excluding carboxylic acids is 1. The molecule has 0 heterocycles. The average molecular weight is 302 g/mol. The Balaban J connectivity index is 2.11. The van der Waals surface area contributed by atoms with Crippen LogP contribution in [0.5, 0.6) is 0 Å². The summed E-state index contributed by atoms with van der Waals surface area (Å²) in [6.45, 7) is 2.31. The van der Waals surface area contributed by atoms with E-state index in [1.54, 1.807) is 0 Å². The molecule has 2 rings (SSSR count). The largest absolute Gasteiger partial charge is 0.416 e. The molecule has 4 nitrogen and oxygen atoms in total. The molecule has 2 unspecified atom stereocenters. The van der Waals surface area contributed by atoms with E-state index >= 15 is 0 Å². The minimum absolute atomic E-state index is 0.0300. The fourth-order valence-electron chi connectivity index (χ4n) is 2.13. The first-order valence-corrected chi connectivity index (χ1v) is 6.68. The number of carbonyl (C=O) groups is 1. The van der Waals surface area contributed by atoms with Gasteiger partial charge in [-0.1, -0.05) is 0 Å². The zero-order chi connectivity index (χ0) is 15.6. The molecule has 21 heavy (non-hydrogen) atoms. The summed E-state index contributed by atoms with van der Waals surface area (Å²) in [4.78, 5) is 11.9. The van der Waals surface area contributed by atoms with Gasteiger partial charge in [-0.15, -0.1) is 0 Å². The summed E-state index contributed by atoms with van der Waals surface area (Å²) in [7, 11) is 0. The molecule has 1 saturated carbocycles. The Bertz CT molecular complexity index is 531. The summed E-state index contributed by atoms with van der Waals surface area (Å²) in [5.74, 6) is -0.614. The minimum Gasteiger partial charge on any atom is -0.378 e. The average Bonchev–Trinajstić information content (AvgIpc) is 3.17. The highest BCUT2D eigenvalue weighted by Gasteiger charge is 2.44. The van der Waals surface area contributed by atoms with Crippen LogP contribution in [0.3, 0.4) is 0 Å². The molecule has 1 aromatic rings. The van der Waals surface area contributed by atoms with Crippen LogP contribution in [0.1, 0.15) is 24.5 Å². The Kier molecular flexibility index (Phi) is 4.53. The third-order valence-corrected chi connectivity index (χ3v) is 3.27. The van der Waals surface area contributed by atoms with E-state index in [0.29, 0.717) is 18.6 Å². The number of alkyl halides is 3. The van der Waals surface area contributed by atoms with Crippen LogP contribution >= 0.6 is 0 Å². The molecular formula is C14H17F3N2O2. The number of rotatable bonds is 5. The molecule has 0 aromatic heterocycles. The number of hydrogen-bond acceptors (Lipinski definition) is 3. The van der Waals surface area contributed by atoms with Gasteiger partial charge in [0, 0.05) is 18.8 Å². The van der Waals surface area contributed by atoms with Crippen LogP contribution in [0.2, 0.25) is 0 Å². The monoisotopic (exact) mass is 302 g/mol. The molecule has 3 N–H and O–H groups in total. The van der Waals surface area contributed by atoms with Gasteiger partial charge in [0.2, 0.25) is 5.91 Å². The molecule has 0 radical (unpaired) electrons. The molecule has 1 fully saturated rings. The maximum atomic E-state index is 12.8. The lowest BCUT2D eigenvalue weighted by Crippen LogP contribution is -2.18. The van der Waals surface area contributed by atoms with E-state index < -0.39 is 11.7 Å². The second-order valence-corrected chi connectivity index (χ2v) is 4.95. The number of benzene rings is 1. The van der Waals surface area contributed by atoms with E-state index in [2.05, 4.69) is 5.32 Å². The van der Waals surface area contributed by atoms with Gasteiger partial charge in [0.15, 0.2) is 0 Å². The third-order valence-electron chi connectivity index (χ3n) is 3.27. The maximum Gasteiger partial charge on any atom is 0.416 e. The van der Waals surface area contributed by atoms with Crippen molar-refractivity contribution < 1.29 is 22.7 Å². The Morgan fingerprint density at radius 3 is 2.71 bits per heavy atom. The van der Waals surface area contributed by atoms with Crippen molar-refractivity contribution in [3.8, 4) is 0 Å². The third kappa shape index (κ3) is 3.95. The fraction of sp³-hybridized carbons (Fsp3) is 0.500. The Hall–Kier alpha value is -1.60. The molecule has 116 valence electrons. The predicted octanol–water partition coefficient (Wildman–Crippen LogP) is 2.53. The maximum absolute atomic E-state index is 12.8. The highest BCUT2D eigenvalue weighted by atomic mass is 19.4. The Labute approximate surface area is 120 Å². The molecule has 1 aliphatic rings. The van der Waals surface area contributed by atoms with Crippen LogP contribution < -0.4 is 11.1 Å². The first-order valence-electron chi connectivity index (χ1n) is 6.68. The van der Waals surface area contributed by atoms with Crippen LogP contribution in [-0.4, -0.2) is 18.6 Å². The molecular weight excluding hydrogens is 285 g/mol. The van der Waals surface area contributed by atoms with Gasteiger partial charge < -0.3 is 15.8 Å². The van der Waals surface area contributed by atoms with Crippen LogP contribution in [0.4, 0.5) is 18.9 Å². The van der Waals surface area contributed by atoms with Crippen molar-refractivity contribution in [1.82, 2.24) is 0 Å². The molecule has 0 saturated heterocycles. The number of ether oxygens (including phenoxy) is 1. The van der Waals surface area contributed by atoms with Gasteiger partial charge in [0.1, 0.15) is 0 Å². The summed E-state index contributed by atoms with van der Waals surface area (Å²) < 4.78 is 43.6. The molecule has 1 aliphatic carbocycles. The van der Waals surface area contributed by atoms with Crippen LogP contribution in [0, 0.1) is 5.92 Å². The van der Waals surface area contributed by atoms with E-state index in [4.69, 9.17) is 10.5 Å². The number of amides is 1. The second kappa shape index (κ2) is 6.03. The van der Waals surface area contributed by atoms with Crippen molar-refractivity contribution in [3.05, 3.63) is 29.3 Å². The predicted molar refractivity (Wildman–Crippen MR) is 71.5 cm³/mol. The minimum atomic E-state index is -4.47. The molecule has 1 amide bonds. The number of nitrogens with one attached hydrogen (secondary N) is 1. The molecule has 0 bridgehead atoms. The smallest absolute Gasteiger partial charge is 0.378 e. The Morgan fingerprint density at radius 1 is 1.43 bits per heavy atom. The lowest BCUT2D eigenvalue weighted by atomic mass is 10.1. The Morgan fingerprint density at radius 2 is 2.14 bits per heavy atom. The van der Waals surface area contributed by atoms with E-state index in [-0.39, 0.29) is 30.2 Å². The number of anilines is 1. The zero-order valence-electron chi connectivity index (χ0n) is 11.5. The molecule has 7 heteroatoms. The summed E-state index contributed by atoms with van der Waals surface area (Å²) in [5.41, 5.74) is 5.00. The molecule has 1 aromatic carbocycles. The van der Waals surface area contributed by atoms with Gasteiger partial charge in [-0.2, -0.15) is 13.2 Å². The van der Waals surface area contributed by atoms with E-state index in [9.17, 15) is 18.0 Å². The van der Waals surface area contributed by atoms with E-state index in [1.807, 2.05) is 6.92 Å². The summed E-state index contributed by atoms with van der Waals surface area (Å²) >= 11 is 0. The van der Waals surface area contributed by atoms with Crippen molar-refractivity contribution in [3.63, 3.8) is 0 Å². The molecule has 2 atom stereocenters. The molecule has 0 spiro atoms. The number of hydrogen-bond donors (Lipinski definition) is 2. The fourth-order valence-corrected chi connectivity index (χ4v) is 2.13. The van der Waals surface area contributed by atoms with Gasteiger partial charge in [-0.25, -0.2) is 0 Å². The first kappa shape index (κ1) is 15.8. The van der Waals surface area contributed by atoms with Gasteiger partial charge in [0.05, 0.1) is 17.6 Å². The SMILES string of the molecule is CCOC1CC1C(=O)Nc1cc(CN)cc(C(F)(F)F)c1.